The van der Waals surface area contributed by atoms with Crippen LogP contribution in [-0.4, -0.2) is 31.3 Å². The third kappa shape index (κ3) is 5.18. The van der Waals surface area contributed by atoms with Gasteiger partial charge < -0.3 is 19.9 Å². The van der Waals surface area contributed by atoms with Gasteiger partial charge in [-0.25, -0.2) is 0 Å². The normalized spacial score (nSPS) is 10.1. The molecule has 5 heteroatoms. The molecule has 0 aromatic heterocycles. The fourth-order valence-corrected chi connectivity index (χ4v) is 1.53. The number of carbonyl (C=O) groups excluding carboxylic acids is 1. The van der Waals surface area contributed by atoms with Crippen molar-refractivity contribution in [3.8, 4) is 11.5 Å². The Hall–Kier alpha value is -1.75. The fourth-order valence-electron chi connectivity index (χ4n) is 1.53. The van der Waals surface area contributed by atoms with E-state index in [2.05, 4.69) is 12.2 Å². The van der Waals surface area contributed by atoms with E-state index in [0.717, 1.165) is 18.4 Å². The molecule has 1 aromatic carbocycles. The van der Waals surface area contributed by atoms with Gasteiger partial charge in [-0.05, 0) is 24.1 Å². The van der Waals surface area contributed by atoms with E-state index in [4.69, 9.17) is 14.6 Å². The Bertz CT molecular complexity index is 406. The summed E-state index contributed by atoms with van der Waals surface area (Å²) in [5, 5.41) is 11.8. The van der Waals surface area contributed by atoms with Crippen LogP contribution in [-0.2, 0) is 11.4 Å². The minimum Gasteiger partial charge on any atom is -0.493 e. The van der Waals surface area contributed by atoms with Crippen LogP contribution in [0.4, 0.5) is 0 Å². The van der Waals surface area contributed by atoms with Crippen LogP contribution in [0.25, 0.3) is 0 Å². The van der Waals surface area contributed by atoms with E-state index in [1.54, 1.807) is 18.2 Å². The highest BCUT2D eigenvalue weighted by atomic mass is 16.5. The van der Waals surface area contributed by atoms with Crippen LogP contribution >= 0.6 is 0 Å². The molecule has 19 heavy (non-hydrogen) atoms. The first kappa shape index (κ1) is 15.3. The van der Waals surface area contributed by atoms with Crippen LogP contribution in [0.3, 0.4) is 0 Å². The maximum Gasteiger partial charge on any atom is 0.257 e. The Balaban J connectivity index is 2.50. The van der Waals surface area contributed by atoms with Gasteiger partial charge in [-0.3, -0.25) is 4.79 Å². The summed E-state index contributed by atoms with van der Waals surface area (Å²) in [6.45, 7) is 2.63. The number of carbonyl (C=O) groups is 1. The minimum atomic E-state index is -0.151. The monoisotopic (exact) mass is 267 g/mol. The molecular weight excluding hydrogens is 246 g/mol. The molecule has 5 nitrogen and oxygen atoms in total. The van der Waals surface area contributed by atoms with Gasteiger partial charge in [0.15, 0.2) is 18.1 Å². The number of unbranched alkanes of at least 4 members (excludes halogenated alkanes) is 1. The summed E-state index contributed by atoms with van der Waals surface area (Å²) < 4.78 is 10.6. The highest BCUT2D eigenvalue weighted by molar-refractivity contribution is 5.77. The summed E-state index contributed by atoms with van der Waals surface area (Å²) in [7, 11) is 1.52. The van der Waals surface area contributed by atoms with Crippen molar-refractivity contribution in [2.45, 2.75) is 26.4 Å². The zero-order chi connectivity index (χ0) is 14.1. The lowest BCUT2D eigenvalue weighted by atomic mass is 10.2. The van der Waals surface area contributed by atoms with E-state index in [-0.39, 0.29) is 19.1 Å². The Kier molecular flexibility index (Phi) is 6.74. The van der Waals surface area contributed by atoms with Gasteiger partial charge in [-0.15, -0.1) is 0 Å². The number of ether oxygens (including phenoxy) is 2. The minimum absolute atomic E-state index is 0.0431. The number of aliphatic hydroxyl groups excluding tert-OH is 1. The molecule has 0 unspecified atom stereocenters. The summed E-state index contributed by atoms with van der Waals surface area (Å²) in [5.41, 5.74) is 0.733. The van der Waals surface area contributed by atoms with Crippen molar-refractivity contribution in [1.29, 1.82) is 0 Å². The van der Waals surface area contributed by atoms with Crippen LogP contribution in [0.1, 0.15) is 25.3 Å². The summed E-state index contributed by atoms with van der Waals surface area (Å²) in [5.74, 6) is 0.847. The van der Waals surface area contributed by atoms with Crippen molar-refractivity contribution in [3.05, 3.63) is 23.8 Å². The predicted molar refractivity (Wildman–Crippen MR) is 72.3 cm³/mol. The van der Waals surface area contributed by atoms with E-state index >= 15 is 0 Å². The quantitative estimate of drug-likeness (QED) is 0.700. The second-order valence-corrected chi connectivity index (χ2v) is 4.14. The van der Waals surface area contributed by atoms with Gasteiger partial charge in [0, 0.05) is 6.54 Å². The van der Waals surface area contributed by atoms with Crippen molar-refractivity contribution in [2.75, 3.05) is 20.3 Å². The molecule has 0 fully saturated rings. The first-order valence-electron chi connectivity index (χ1n) is 6.38. The number of hydrogen-bond acceptors (Lipinski definition) is 4. The van der Waals surface area contributed by atoms with Crippen LogP contribution in [0.5, 0.6) is 11.5 Å². The van der Waals surface area contributed by atoms with Crippen molar-refractivity contribution in [1.82, 2.24) is 5.32 Å². The Morgan fingerprint density at radius 3 is 2.79 bits per heavy atom. The number of rotatable bonds is 8. The molecule has 1 aromatic rings. The standard InChI is InChI=1S/C14H21NO4/c1-3-4-7-15-14(17)10-19-12-6-5-11(9-16)8-13(12)18-2/h5-6,8,16H,3-4,7,9-10H2,1-2H3,(H,15,17). The molecule has 0 spiro atoms. The van der Waals surface area contributed by atoms with Crippen molar-refractivity contribution in [3.63, 3.8) is 0 Å². The van der Waals surface area contributed by atoms with Gasteiger partial charge in [0.1, 0.15) is 0 Å². The zero-order valence-electron chi connectivity index (χ0n) is 11.4. The summed E-state index contributed by atoms with van der Waals surface area (Å²) in [6, 6.07) is 5.10. The lowest BCUT2D eigenvalue weighted by Gasteiger charge is -2.11. The second-order valence-electron chi connectivity index (χ2n) is 4.14. The van der Waals surface area contributed by atoms with E-state index < -0.39 is 0 Å². The molecular formula is C14H21NO4. The molecule has 2 N–H and O–H groups in total. The van der Waals surface area contributed by atoms with Gasteiger partial charge in [0.2, 0.25) is 0 Å². The van der Waals surface area contributed by atoms with Gasteiger partial charge in [-0.2, -0.15) is 0 Å². The average Bonchev–Trinajstić information content (AvgIpc) is 2.45. The molecule has 1 amide bonds. The molecule has 0 bridgehead atoms. The molecule has 0 aliphatic carbocycles. The highest BCUT2D eigenvalue weighted by Gasteiger charge is 2.08. The molecule has 0 saturated carbocycles. The number of benzene rings is 1. The van der Waals surface area contributed by atoms with Crippen LogP contribution in [0.15, 0.2) is 18.2 Å². The third-order valence-electron chi connectivity index (χ3n) is 2.62. The van der Waals surface area contributed by atoms with Gasteiger partial charge in [-0.1, -0.05) is 19.4 Å². The first-order valence-corrected chi connectivity index (χ1v) is 6.38. The smallest absolute Gasteiger partial charge is 0.257 e. The lowest BCUT2D eigenvalue weighted by molar-refractivity contribution is -0.123. The number of nitrogens with one attached hydrogen (secondary N) is 1. The van der Waals surface area contributed by atoms with Gasteiger partial charge >= 0.3 is 0 Å². The molecule has 0 aliphatic heterocycles. The van der Waals surface area contributed by atoms with Gasteiger partial charge in [0.05, 0.1) is 13.7 Å². The molecule has 0 saturated heterocycles. The lowest BCUT2D eigenvalue weighted by Crippen LogP contribution is -2.29. The van der Waals surface area contributed by atoms with Crippen LogP contribution in [0.2, 0.25) is 0 Å². The SMILES string of the molecule is CCCCNC(=O)COc1ccc(CO)cc1OC. The predicted octanol–water partition coefficient (Wildman–Crippen LogP) is 1.48. The Morgan fingerprint density at radius 2 is 2.16 bits per heavy atom. The maximum atomic E-state index is 11.5. The maximum absolute atomic E-state index is 11.5. The largest absolute Gasteiger partial charge is 0.493 e. The van der Waals surface area contributed by atoms with E-state index in [1.165, 1.54) is 7.11 Å². The van der Waals surface area contributed by atoms with Crippen LogP contribution in [0, 0.1) is 0 Å². The second kappa shape index (κ2) is 8.37. The van der Waals surface area contributed by atoms with E-state index in [9.17, 15) is 4.79 Å². The summed E-state index contributed by atoms with van der Waals surface area (Å²) in [4.78, 5) is 11.5. The first-order chi connectivity index (χ1) is 9.21. The van der Waals surface area contributed by atoms with E-state index in [0.29, 0.717) is 18.0 Å². The van der Waals surface area contributed by atoms with Crippen LogP contribution < -0.4 is 14.8 Å². The average molecular weight is 267 g/mol. The molecule has 0 atom stereocenters. The Morgan fingerprint density at radius 1 is 1.37 bits per heavy atom. The molecule has 106 valence electrons. The van der Waals surface area contributed by atoms with Crippen molar-refractivity contribution in [2.24, 2.45) is 0 Å². The van der Waals surface area contributed by atoms with Crippen molar-refractivity contribution < 1.29 is 19.4 Å². The highest BCUT2D eigenvalue weighted by Crippen LogP contribution is 2.27. The van der Waals surface area contributed by atoms with Gasteiger partial charge in [0.25, 0.3) is 5.91 Å². The summed E-state index contributed by atoms with van der Waals surface area (Å²) >= 11 is 0. The third-order valence-corrected chi connectivity index (χ3v) is 2.62. The van der Waals surface area contributed by atoms with E-state index in [1.807, 2.05) is 0 Å². The number of amides is 1. The topological polar surface area (TPSA) is 67.8 Å². The molecule has 0 heterocycles. The number of aliphatic hydroxyl groups is 1. The molecule has 0 aliphatic rings. The Labute approximate surface area is 113 Å². The molecule has 1 rings (SSSR count). The number of methoxy groups -OCH3 is 1. The summed E-state index contributed by atoms with van der Waals surface area (Å²) in [6.07, 6.45) is 2.00. The number of hydrogen-bond donors (Lipinski definition) is 2. The molecule has 0 radical (unpaired) electrons. The zero-order valence-corrected chi connectivity index (χ0v) is 11.4. The van der Waals surface area contributed by atoms with Crippen molar-refractivity contribution >= 4 is 5.91 Å². The fraction of sp³-hybridized carbons (Fsp3) is 0.500.